The first-order valence-electron chi connectivity index (χ1n) is 9.55. The predicted octanol–water partition coefficient (Wildman–Crippen LogP) is 2.17. The second kappa shape index (κ2) is 8.56. The third-order valence-electron chi connectivity index (χ3n) is 5.21. The molecule has 0 unspecified atom stereocenters. The molecule has 1 aliphatic heterocycles. The predicted molar refractivity (Wildman–Crippen MR) is 104 cm³/mol. The highest BCUT2D eigenvalue weighted by Crippen LogP contribution is 2.24. The Labute approximate surface area is 173 Å². The van der Waals surface area contributed by atoms with Gasteiger partial charge < -0.3 is 23.8 Å². The molecule has 30 heavy (non-hydrogen) atoms. The molecular formula is C21H24N2O7. The molecule has 3 rings (SSSR count). The quantitative estimate of drug-likeness (QED) is 0.543. The van der Waals surface area contributed by atoms with Crippen molar-refractivity contribution < 1.29 is 33.1 Å². The highest BCUT2D eigenvalue weighted by molar-refractivity contribution is 6.04. The summed E-state index contributed by atoms with van der Waals surface area (Å²) in [6.07, 6.45) is 0.465. The molecule has 1 N–H and O–H groups in total. The van der Waals surface area contributed by atoms with E-state index in [0.717, 1.165) is 0 Å². The molecule has 9 nitrogen and oxygen atoms in total. The summed E-state index contributed by atoms with van der Waals surface area (Å²) >= 11 is 0. The minimum Gasteiger partial charge on any atom is -0.467 e. The Morgan fingerprint density at radius 2 is 2.07 bits per heavy atom. The summed E-state index contributed by atoms with van der Waals surface area (Å²) in [5.74, 6) is -1.83. The van der Waals surface area contributed by atoms with Crippen LogP contribution < -0.4 is 0 Å². The van der Waals surface area contributed by atoms with Gasteiger partial charge in [0.25, 0.3) is 0 Å². The number of aromatic amines is 1. The lowest BCUT2D eigenvalue weighted by atomic mass is 10.1. The first kappa shape index (κ1) is 21.4. The van der Waals surface area contributed by atoms with Crippen LogP contribution in [0.1, 0.15) is 51.2 Å². The van der Waals surface area contributed by atoms with E-state index in [1.165, 1.54) is 25.2 Å². The maximum absolute atomic E-state index is 12.8. The number of aromatic nitrogens is 1. The number of carbonyl (C=O) groups excluding carboxylic acids is 4. The molecular weight excluding hydrogens is 392 g/mol. The molecule has 1 amide bonds. The van der Waals surface area contributed by atoms with Crippen molar-refractivity contribution in [2.24, 2.45) is 5.92 Å². The summed E-state index contributed by atoms with van der Waals surface area (Å²) in [7, 11) is 1.26. The molecule has 0 aromatic carbocycles. The van der Waals surface area contributed by atoms with Crippen LogP contribution in [0.25, 0.3) is 0 Å². The van der Waals surface area contributed by atoms with Crippen molar-refractivity contribution in [3.63, 3.8) is 0 Å². The van der Waals surface area contributed by atoms with E-state index in [2.05, 4.69) is 4.98 Å². The summed E-state index contributed by atoms with van der Waals surface area (Å²) in [6, 6.07) is 3.48. The average Bonchev–Trinajstić information content (AvgIpc) is 3.41. The second-order valence-electron chi connectivity index (χ2n) is 7.31. The average molecular weight is 416 g/mol. The number of likely N-dealkylation sites (tertiary alicyclic amines) is 1. The number of ketones is 1. The minimum absolute atomic E-state index is 0.0214. The van der Waals surface area contributed by atoms with Gasteiger partial charge in [-0.15, -0.1) is 0 Å². The Morgan fingerprint density at radius 3 is 2.70 bits per heavy atom. The molecule has 9 heteroatoms. The third-order valence-corrected chi connectivity index (χ3v) is 5.21. The largest absolute Gasteiger partial charge is 0.467 e. The van der Waals surface area contributed by atoms with Crippen LogP contribution >= 0.6 is 0 Å². The van der Waals surface area contributed by atoms with E-state index in [9.17, 15) is 19.2 Å². The Morgan fingerprint density at radius 1 is 1.33 bits per heavy atom. The van der Waals surface area contributed by atoms with Gasteiger partial charge in [0.15, 0.2) is 6.10 Å². The standard InChI is InChI=1S/C21H24N2O7/c1-11-17(21(27)28-4)12(2)22-18(11)19(25)13(3)30-20(26)14-8-16(24)23(9-14)10-15-6-5-7-29-15/h5-7,13-14,22H,8-10H2,1-4H3/t13-,14+/m1/s1. The molecule has 1 aliphatic rings. The van der Waals surface area contributed by atoms with Gasteiger partial charge in [-0.25, -0.2) is 4.79 Å². The number of H-pyrrole nitrogens is 1. The number of Topliss-reactive ketones (excluding diaryl/α,β-unsaturated/α-hetero) is 1. The van der Waals surface area contributed by atoms with Crippen LogP contribution in [0.15, 0.2) is 22.8 Å². The van der Waals surface area contributed by atoms with E-state index in [-0.39, 0.29) is 36.7 Å². The number of hydrogen-bond acceptors (Lipinski definition) is 7. The van der Waals surface area contributed by atoms with Crippen LogP contribution in [0.3, 0.4) is 0 Å². The molecule has 1 saturated heterocycles. The van der Waals surface area contributed by atoms with Gasteiger partial charge in [-0.1, -0.05) is 0 Å². The van der Waals surface area contributed by atoms with E-state index in [1.54, 1.807) is 26.0 Å². The Balaban J connectivity index is 1.64. The zero-order chi connectivity index (χ0) is 22.0. The van der Waals surface area contributed by atoms with E-state index in [1.807, 2.05) is 0 Å². The molecule has 2 aromatic heterocycles. The van der Waals surface area contributed by atoms with Crippen LogP contribution in [0.4, 0.5) is 0 Å². The minimum atomic E-state index is -1.08. The maximum Gasteiger partial charge on any atom is 0.339 e. The molecule has 0 bridgehead atoms. The molecule has 160 valence electrons. The highest BCUT2D eigenvalue weighted by atomic mass is 16.5. The summed E-state index contributed by atoms with van der Waals surface area (Å²) in [5, 5.41) is 0. The van der Waals surface area contributed by atoms with Crippen molar-refractivity contribution >= 4 is 23.6 Å². The van der Waals surface area contributed by atoms with Gasteiger partial charge in [-0.2, -0.15) is 0 Å². The first-order chi connectivity index (χ1) is 14.2. The molecule has 2 aromatic rings. The molecule has 2 atom stereocenters. The van der Waals surface area contributed by atoms with Crippen LogP contribution in [0, 0.1) is 19.8 Å². The number of amides is 1. The monoisotopic (exact) mass is 416 g/mol. The fourth-order valence-corrected chi connectivity index (χ4v) is 3.61. The molecule has 0 saturated carbocycles. The third kappa shape index (κ3) is 4.14. The maximum atomic E-state index is 12.8. The molecule has 0 radical (unpaired) electrons. The van der Waals surface area contributed by atoms with Crippen molar-refractivity contribution in [3.05, 3.63) is 46.7 Å². The van der Waals surface area contributed by atoms with Gasteiger partial charge in [0, 0.05) is 18.7 Å². The number of nitrogens with one attached hydrogen (secondary N) is 1. The number of methoxy groups -OCH3 is 1. The van der Waals surface area contributed by atoms with E-state index in [0.29, 0.717) is 17.0 Å². The number of esters is 2. The normalized spacial score (nSPS) is 17.1. The van der Waals surface area contributed by atoms with Gasteiger partial charge in [0.2, 0.25) is 11.7 Å². The van der Waals surface area contributed by atoms with Gasteiger partial charge in [0.05, 0.1) is 37.1 Å². The topological polar surface area (TPSA) is 119 Å². The second-order valence-corrected chi connectivity index (χ2v) is 7.31. The Hall–Kier alpha value is -3.36. The van der Waals surface area contributed by atoms with Crippen LogP contribution in [-0.2, 0) is 25.6 Å². The highest BCUT2D eigenvalue weighted by Gasteiger charge is 2.37. The summed E-state index contributed by atoms with van der Waals surface area (Å²) in [4.78, 5) is 53.8. The number of ether oxygens (including phenoxy) is 2. The lowest BCUT2D eigenvalue weighted by Crippen LogP contribution is -2.30. The molecule has 0 spiro atoms. The number of nitrogens with zero attached hydrogens (tertiary/aromatic N) is 1. The van der Waals surface area contributed by atoms with Gasteiger partial charge in [0.1, 0.15) is 5.76 Å². The number of carbonyl (C=O) groups is 4. The molecule has 0 aliphatic carbocycles. The van der Waals surface area contributed by atoms with Crippen LogP contribution in [-0.4, -0.2) is 53.3 Å². The Kier molecular flexibility index (Phi) is 6.09. The number of rotatable bonds is 7. The van der Waals surface area contributed by atoms with Gasteiger partial charge in [-0.3, -0.25) is 14.4 Å². The fourth-order valence-electron chi connectivity index (χ4n) is 3.61. The van der Waals surface area contributed by atoms with Gasteiger partial charge in [-0.05, 0) is 38.5 Å². The Bertz CT molecular complexity index is 974. The van der Waals surface area contributed by atoms with Crippen molar-refractivity contribution in [2.45, 2.75) is 39.8 Å². The number of aryl methyl sites for hydroxylation is 1. The summed E-state index contributed by atoms with van der Waals surface area (Å²) in [6.45, 7) is 5.23. The molecule has 3 heterocycles. The van der Waals surface area contributed by atoms with E-state index in [4.69, 9.17) is 13.9 Å². The fraction of sp³-hybridized carbons (Fsp3) is 0.429. The first-order valence-corrected chi connectivity index (χ1v) is 9.55. The summed E-state index contributed by atoms with van der Waals surface area (Å²) < 4.78 is 15.3. The van der Waals surface area contributed by atoms with Crippen molar-refractivity contribution in [2.75, 3.05) is 13.7 Å². The zero-order valence-electron chi connectivity index (χ0n) is 17.3. The lowest BCUT2D eigenvalue weighted by molar-refractivity contribution is -0.151. The molecule has 1 fully saturated rings. The SMILES string of the molecule is COC(=O)c1c(C)[nH]c(C(=O)[C@@H](C)OC(=O)[C@H]2CC(=O)N(Cc3ccco3)C2)c1C. The van der Waals surface area contributed by atoms with Crippen molar-refractivity contribution in [3.8, 4) is 0 Å². The van der Waals surface area contributed by atoms with Crippen molar-refractivity contribution in [1.82, 2.24) is 9.88 Å². The van der Waals surface area contributed by atoms with Crippen LogP contribution in [0.5, 0.6) is 0 Å². The smallest absolute Gasteiger partial charge is 0.339 e. The van der Waals surface area contributed by atoms with E-state index < -0.39 is 29.7 Å². The lowest BCUT2D eigenvalue weighted by Gasteiger charge is -2.16. The van der Waals surface area contributed by atoms with Gasteiger partial charge >= 0.3 is 11.9 Å². The number of furan rings is 1. The van der Waals surface area contributed by atoms with Crippen LogP contribution in [0.2, 0.25) is 0 Å². The van der Waals surface area contributed by atoms with E-state index >= 15 is 0 Å². The summed E-state index contributed by atoms with van der Waals surface area (Å²) in [5.41, 5.74) is 1.41. The zero-order valence-corrected chi connectivity index (χ0v) is 17.3. The number of hydrogen-bond donors (Lipinski definition) is 1. The van der Waals surface area contributed by atoms with Crippen molar-refractivity contribution in [1.29, 1.82) is 0 Å².